The van der Waals surface area contributed by atoms with E-state index in [0.717, 1.165) is 6.92 Å². The number of halogens is 3. The lowest BCUT2D eigenvalue weighted by Crippen LogP contribution is -2.08. The highest BCUT2D eigenvalue weighted by Crippen LogP contribution is 2.24. The lowest BCUT2D eigenvalue weighted by Gasteiger charge is -2.03. The van der Waals surface area contributed by atoms with E-state index >= 15 is 0 Å². The zero-order chi connectivity index (χ0) is 7.49. The first-order valence-corrected chi connectivity index (χ1v) is 2.30. The fourth-order valence-corrected chi connectivity index (χ4v) is 0.241. The fourth-order valence-electron chi connectivity index (χ4n) is 0.241. The topological polar surface area (TPSA) is 19.9 Å². The molecule has 0 aromatic carbocycles. The average Bonchev–Trinajstić information content (AvgIpc) is 1.64. The van der Waals surface area contributed by atoms with E-state index < -0.39 is 18.4 Å². The maximum Gasteiger partial charge on any atom is 0.412 e. The van der Waals surface area contributed by atoms with Gasteiger partial charge in [-0.3, -0.25) is 0 Å². The molecule has 0 aliphatic carbocycles. The molecule has 9 heavy (non-hydrogen) atoms. The molecular weight excluding hydrogens is 133 g/mol. The summed E-state index contributed by atoms with van der Waals surface area (Å²) < 4.78 is 34.3. The minimum atomic E-state index is -4.33. The third-order valence-electron chi connectivity index (χ3n) is 0.837. The van der Waals surface area contributed by atoms with Gasteiger partial charge in [0.25, 0.3) is 0 Å². The third-order valence-corrected chi connectivity index (χ3v) is 0.837. The highest BCUT2D eigenvalue weighted by molar-refractivity contribution is 5.04. The molecule has 0 atom stereocenters. The summed E-state index contributed by atoms with van der Waals surface area (Å²) in [5.41, 5.74) is -0.822. The normalized spacial score (nSPS) is 14.1. The van der Waals surface area contributed by atoms with Crippen molar-refractivity contribution >= 4 is 0 Å². The maximum absolute atomic E-state index is 11.4. The van der Waals surface area contributed by atoms with Gasteiger partial charge >= 0.3 is 6.18 Å². The van der Waals surface area contributed by atoms with Crippen molar-refractivity contribution in [2.24, 2.45) is 0 Å². The van der Waals surface area contributed by atoms with E-state index in [1.807, 2.05) is 0 Å². The van der Waals surface area contributed by atoms with Crippen LogP contribution in [0.3, 0.4) is 0 Å². The van der Waals surface area contributed by atoms with Crippen molar-refractivity contribution in [3.05, 3.63) is 11.6 Å². The Balaban J connectivity index is 4.03. The van der Waals surface area contributed by atoms with Gasteiger partial charge in [0.2, 0.25) is 0 Å². The Morgan fingerprint density at radius 1 is 1.56 bits per heavy atom. The summed E-state index contributed by atoms with van der Waals surface area (Å²) in [5.74, 6) is 0. The number of rotatable bonds is 1. The molecule has 0 saturated carbocycles. The van der Waals surface area contributed by atoms with Crippen LogP contribution in [-0.2, 0) is 5.11 Å². The van der Waals surface area contributed by atoms with E-state index in [-0.39, 0.29) is 0 Å². The van der Waals surface area contributed by atoms with Crippen molar-refractivity contribution in [2.45, 2.75) is 13.1 Å². The Labute approximate surface area is 50.8 Å². The van der Waals surface area contributed by atoms with E-state index in [2.05, 4.69) is 0 Å². The molecule has 4 heteroatoms. The van der Waals surface area contributed by atoms with Crippen LogP contribution in [0.2, 0.25) is 0 Å². The summed E-state index contributed by atoms with van der Waals surface area (Å²) in [4.78, 5) is 0. The molecule has 0 aliphatic rings. The predicted molar refractivity (Wildman–Crippen MR) is 25.4 cm³/mol. The Morgan fingerprint density at radius 3 is 2.11 bits per heavy atom. The van der Waals surface area contributed by atoms with Crippen molar-refractivity contribution in [2.75, 3.05) is 6.61 Å². The first kappa shape index (κ1) is 8.49. The molecule has 0 rings (SSSR count). The standard InChI is InChI=1S/C5H6F3O/c1-4(2-3-9)5(6,7)8/h2H,3H2,1H3/b4-2+. The molecule has 0 bridgehead atoms. The van der Waals surface area contributed by atoms with Crippen LogP contribution < -0.4 is 0 Å². The van der Waals surface area contributed by atoms with Gasteiger partial charge in [-0.05, 0) is 13.0 Å². The van der Waals surface area contributed by atoms with E-state index in [1.165, 1.54) is 0 Å². The molecule has 0 aliphatic heterocycles. The molecule has 1 radical (unpaired) electrons. The zero-order valence-corrected chi connectivity index (χ0v) is 4.83. The van der Waals surface area contributed by atoms with Crippen LogP contribution in [-0.4, -0.2) is 12.8 Å². The maximum atomic E-state index is 11.4. The van der Waals surface area contributed by atoms with Crippen LogP contribution in [0.1, 0.15) is 6.92 Å². The van der Waals surface area contributed by atoms with Crippen LogP contribution >= 0.6 is 0 Å². The Hall–Kier alpha value is -0.510. The van der Waals surface area contributed by atoms with Crippen molar-refractivity contribution in [3.8, 4) is 0 Å². The molecule has 0 saturated heterocycles. The third kappa shape index (κ3) is 3.13. The highest BCUT2D eigenvalue weighted by atomic mass is 19.4. The Morgan fingerprint density at radius 2 is 2.00 bits per heavy atom. The second-order valence-electron chi connectivity index (χ2n) is 1.55. The molecule has 0 fully saturated rings. The number of alkyl halides is 3. The summed E-state index contributed by atoms with van der Waals surface area (Å²) in [6.07, 6.45) is -3.72. The van der Waals surface area contributed by atoms with Crippen molar-refractivity contribution in [1.82, 2.24) is 0 Å². The van der Waals surface area contributed by atoms with E-state index in [1.54, 1.807) is 0 Å². The SMILES string of the molecule is C/C(=C\C[O])C(F)(F)F. The molecule has 0 spiro atoms. The van der Waals surface area contributed by atoms with Gasteiger partial charge in [0.15, 0.2) is 0 Å². The van der Waals surface area contributed by atoms with Gasteiger partial charge in [0.1, 0.15) is 6.61 Å². The van der Waals surface area contributed by atoms with Gasteiger partial charge < -0.3 is 0 Å². The van der Waals surface area contributed by atoms with Crippen LogP contribution in [0, 0.1) is 0 Å². The molecule has 0 aromatic heterocycles. The second kappa shape index (κ2) is 2.87. The lowest BCUT2D eigenvalue weighted by molar-refractivity contribution is -0.0919. The molecule has 0 N–H and O–H groups in total. The molecule has 1 nitrogen and oxygen atoms in total. The summed E-state index contributed by atoms with van der Waals surface area (Å²) in [5, 5.41) is 9.61. The summed E-state index contributed by atoms with van der Waals surface area (Å²) in [6, 6.07) is 0. The monoisotopic (exact) mass is 139 g/mol. The Bertz CT molecular complexity index is 114. The van der Waals surface area contributed by atoms with Gasteiger partial charge in [-0.2, -0.15) is 13.2 Å². The van der Waals surface area contributed by atoms with E-state index in [0.29, 0.717) is 6.08 Å². The molecule has 0 unspecified atom stereocenters. The van der Waals surface area contributed by atoms with E-state index in [4.69, 9.17) is 0 Å². The van der Waals surface area contributed by atoms with Gasteiger partial charge in [0, 0.05) is 5.57 Å². The van der Waals surface area contributed by atoms with Crippen LogP contribution in [0.25, 0.3) is 0 Å². The highest BCUT2D eigenvalue weighted by Gasteiger charge is 2.29. The van der Waals surface area contributed by atoms with Gasteiger partial charge in [-0.25, -0.2) is 5.11 Å². The first-order chi connectivity index (χ1) is 3.98. The summed E-state index contributed by atoms with van der Waals surface area (Å²) in [7, 11) is 0. The molecule has 53 valence electrons. The zero-order valence-electron chi connectivity index (χ0n) is 4.83. The molecular formula is C5H6F3O. The number of allylic oxidation sites excluding steroid dienone is 1. The van der Waals surface area contributed by atoms with Crippen molar-refractivity contribution < 1.29 is 18.3 Å². The van der Waals surface area contributed by atoms with E-state index in [9.17, 15) is 18.3 Å². The largest absolute Gasteiger partial charge is 0.412 e. The summed E-state index contributed by atoms with van der Waals surface area (Å²) >= 11 is 0. The minimum Gasteiger partial charge on any atom is -0.232 e. The smallest absolute Gasteiger partial charge is 0.232 e. The molecule has 0 heterocycles. The fraction of sp³-hybridized carbons (Fsp3) is 0.600. The second-order valence-corrected chi connectivity index (χ2v) is 1.55. The number of hydrogen-bond acceptors (Lipinski definition) is 0. The Kier molecular flexibility index (Phi) is 2.70. The minimum absolute atomic E-state index is 0.611. The van der Waals surface area contributed by atoms with Crippen LogP contribution in [0.5, 0.6) is 0 Å². The lowest BCUT2D eigenvalue weighted by atomic mass is 10.3. The predicted octanol–water partition coefficient (Wildman–Crippen LogP) is 1.93. The first-order valence-electron chi connectivity index (χ1n) is 2.30. The van der Waals surface area contributed by atoms with Gasteiger partial charge in [-0.15, -0.1) is 0 Å². The van der Waals surface area contributed by atoms with Crippen molar-refractivity contribution in [3.63, 3.8) is 0 Å². The van der Waals surface area contributed by atoms with Crippen LogP contribution in [0.15, 0.2) is 11.6 Å². The molecule has 0 amide bonds. The van der Waals surface area contributed by atoms with Gasteiger partial charge in [0.05, 0.1) is 0 Å². The van der Waals surface area contributed by atoms with Crippen molar-refractivity contribution in [1.29, 1.82) is 0 Å². The molecule has 0 aromatic rings. The number of hydrogen-bond donors (Lipinski definition) is 0. The van der Waals surface area contributed by atoms with Crippen LogP contribution in [0.4, 0.5) is 13.2 Å². The van der Waals surface area contributed by atoms with Gasteiger partial charge in [-0.1, -0.05) is 0 Å². The summed E-state index contributed by atoms with van der Waals surface area (Å²) in [6.45, 7) is 0.0588. The quantitative estimate of drug-likeness (QED) is 0.494. The average molecular weight is 139 g/mol.